The van der Waals surface area contributed by atoms with Gasteiger partial charge in [0.05, 0.1) is 11.5 Å². The summed E-state index contributed by atoms with van der Waals surface area (Å²) in [6.07, 6.45) is 0. The maximum Gasteiger partial charge on any atom is 0.261 e. The Bertz CT molecular complexity index is 1050. The molecule has 0 radical (unpaired) electrons. The molecule has 1 aromatic heterocycles. The van der Waals surface area contributed by atoms with E-state index in [1.807, 2.05) is 13.8 Å². The lowest BCUT2D eigenvalue weighted by molar-refractivity contribution is 0.325. The maximum atomic E-state index is 12.5. The molecule has 2 aromatic carbocycles. The van der Waals surface area contributed by atoms with Crippen molar-refractivity contribution < 1.29 is 13.2 Å². The van der Waals surface area contributed by atoms with Gasteiger partial charge in [0.25, 0.3) is 10.0 Å². The van der Waals surface area contributed by atoms with Crippen molar-refractivity contribution in [3.63, 3.8) is 0 Å². The van der Waals surface area contributed by atoms with Crippen LogP contribution in [0.2, 0.25) is 0 Å². The summed E-state index contributed by atoms with van der Waals surface area (Å²) >= 11 is 0. The first-order valence-electron chi connectivity index (χ1n) is 8.81. The van der Waals surface area contributed by atoms with Crippen molar-refractivity contribution in [1.29, 1.82) is 0 Å². The zero-order valence-corrected chi connectivity index (χ0v) is 16.7. The highest BCUT2D eigenvalue weighted by Gasteiger charge is 2.13. The van der Waals surface area contributed by atoms with E-state index < -0.39 is 10.0 Å². The molecule has 0 amide bonds. The highest BCUT2D eigenvalue weighted by molar-refractivity contribution is 7.92. The number of hydrogen-bond donors (Lipinski definition) is 2. The average Bonchev–Trinajstić information content (AvgIpc) is 2.63. The number of hydrogen-bond acceptors (Lipinski definition) is 6. The van der Waals surface area contributed by atoms with Gasteiger partial charge in [0.2, 0.25) is 5.88 Å². The summed E-state index contributed by atoms with van der Waals surface area (Å²) in [5.74, 6) is 1.69. The van der Waals surface area contributed by atoms with E-state index in [9.17, 15) is 8.42 Å². The molecule has 0 unspecified atom stereocenters. The lowest BCUT2D eigenvalue weighted by Gasteiger charge is -2.11. The summed E-state index contributed by atoms with van der Waals surface area (Å²) in [5.41, 5.74) is 2.24. The van der Waals surface area contributed by atoms with Gasteiger partial charge in [0, 0.05) is 17.4 Å². The molecule has 0 aliphatic rings. The van der Waals surface area contributed by atoms with Crippen molar-refractivity contribution >= 4 is 27.2 Å². The Morgan fingerprint density at radius 3 is 2.21 bits per heavy atom. The molecular weight excluding hydrogens is 376 g/mol. The number of nitrogens with zero attached hydrogens (tertiary/aromatic N) is 2. The molecule has 3 rings (SSSR count). The molecule has 0 aliphatic heterocycles. The number of nitrogens with one attached hydrogen (secondary N) is 2. The molecule has 0 saturated carbocycles. The first-order chi connectivity index (χ1) is 13.4. The van der Waals surface area contributed by atoms with Crippen LogP contribution in [0.1, 0.15) is 18.3 Å². The van der Waals surface area contributed by atoms with E-state index in [1.165, 1.54) is 0 Å². The minimum absolute atomic E-state index is 0.222. The molecule has 28 heavy (non-hydrogen) atoms. The molecular formula is C20H22N4O3S. The number of rotatable bonds is 7. The predicted molar refractivity (Wildman–Crippen MR) is 110 cm³/mol. The fraction of sp³-hybridized carbons (Fsp3) is 0.200. The number of anilines is 3. The second kappa shape index (κ2) is 8.26. The summed E-state index contributed by atoms with van der Waals surface area (Å²) < 4.78 is 32.9. The first kappa shape index (κ1) is 19.6. The summed E-state index contributed by atoms with van der Waals surface area (Å²) in [7, 11) is -3.63. The molecule has 0 fully saturated rings. The summed E-state index contributed by atoms with van der Waals surface area (Å²) in [4.78, 5) is 8.75. The van der Waals surface area contributed by atoms with Crippen molar-refractivity contribution in [2.45, 2.75) is 25.7 Å². The van der Waals surface area contributed by atoms with Gasteiger partial charge in [0.1, 0.15) is 11.6 Å². The van der Waals surface area contributed by atoms with E-state index in [4.69, 9.17) is 4.74 Å². The van der Waals surface area contributed by atoms with Gasteiger partial charge in [-0.05, 0) is 57.2 Å². The van der Waals surface area contributed by atoms with E-state index in [0.29, 0.717) is 29.8 Å². The molecule has 2 N–H and O–H groups in total. The fourth-order valence-corrected chi connectivity index (χ4v) is 3.59. The Kier molecular flexibility index (Phi) is 5.79. The SMILES string of the molecule is CCOc1cc(Nc2ccc(NS(=O)(=O)c3ccc(C)cc3)cc2)nc(C)n1. The molecule has 1 heterocycles. The van der Waals surface area contributed by atoms with Crippen LogP contribution in [0.4, 0.5) is 17.2 Å². The van der Waals surface area contributed by atoms with Gasteiger partial charge in [-0.3, -0.25) is 4.72 Å². The van der Waals surface area contributed by atoms with E-state index in [0.717, 1.165) is 11.3 Å². The Morgan fingerprint density at radius 2 is 1.57 bits per heavy atom. The van der Waals surface area contributed by atoms with Gasteiger partial charge in [-0.1, -0.05) is 17.7 Å². The second-order valence-corrected chi connectivity index (χ2v) is 7.87. The number of aryl methyl sites for hydroxylation is 2. The lowest BCUT2D eigenvalue weighted by atomic mass is 10.2. The molecule has 3 aromatic rings. The smallest absolute Gasteiger partial charge is 0.261 e. The van der Waals surface area contributed by atoms with Crippen LogP contribution >= 0.6 is 0 Å². The van der Waals surface area contributed by atoms with Gasteiger partial charge in [-0.15, -0.1) is 0 Å². The van der Waals surface area contributed by atoms with E-state index in [-0.39, 0.29) is 4.90 Å². The summed E-state index contributed by atoms with van der Waals surface area (Å²) in [5, 5.41) is 3.16. The Labute approximate surface area is 164 Å². The van der Waals surface area contributed by atoms with Crippen LogP contribution in [0.3, 0.4) is 0 Å². The number of sulfonamides is 1. The van der Waals surface area contributed by atoms with Gasteiger partial charge in [-0.25, -0.2) is 13.4 Å². The van der Waals surface area contributed by atoms with Gasteiger partial charge in [-0.2, -0.15) is 4.98 Å². The highest BCUT2D eigenvalue weighted by atomic mass is 32.2. The van der Waals surface area contributed by atoms with Crippen LogP contribution in [0.25, 0.3) is 0 Å². The first-order valence-corrected chi connectivity index (χ1v) is 10.3. The third-order valence-corrected chi connectivity index (χ3v) is 5.24. The monoisotopic (exact) mass is 398 g/mol. The summed E-state index contributed by atoms with van der Waals surface area (Å²) in [6, 6.07) is 15.3. The minimum Gasteiger partial charge on any atom is -0.478 e. The molecule has 7 nitrogen and oxygen atoms in total. The zero-order valence-electron chi connectivity index (χ0n) is 15.9. The molecule has 0 aliphatic carbocycles. The maximum absolute atomic E-state index is 12.5. The van der Waals surface area contributed by atoms with Crippen molar-refractivity contribution in [2.24, 2.45) is 0 Å². The number of benzene rings is 2. The predicted octanol–water partition coefficient (Wildman–Crippen LogP) is 4.04. The van der Waals surface area contributed by atoms with E-state index >= 15 is 0 Å². The molecule has 0 bridgehead atoms. The van der Waals surface area contributed by atoms with Gasteiger partial charge in [0.15, 0.2) is 0 Å². The lowest BCUT2D eigenvalue weighted by Crippen LogP contribution is -2.12. The third kappa shape index (κ3) is 4.98. The Balaban J connectivity index is 1.72. The van der Waals surface area contributed by atoms with E-state index in [1.54, 1.807) is 61.5 Å². The van der Waals surface area contributed by atoms with Crippen molar-refractivity contribution in [3.05, 3.63) is 66.0 Å². The quantitative estimate of drug-likeness (QED) is 0.624. The standard InChI is InChI=1S/C20H22N4O3S/c1-4-27-20-13-19(21-15(3)22-20)23-16-7-9-17(10-8-16)24-28(25,26)18-11-5-14(2)6-12-18/h5-13,24H,4H2,1-3H3,(H,21,22,23). The van der Waals surface area contributed by atoms with Crippen LogP contribution in [-0.2, 0) is 10.0 Å². The zero-order chi connectivity index (χ0) is 20.1. The Hall–Kier alpha value is -3.13. The van der Waals surface area contributed by atoms with Crippen LogP contribution in [0, 0.1) is 13.8 Å². The van der Waals surface area contributed by atoms with Crippen molar-refractivity contribution in [3.8, 4) is 5.88 Å². The third-order valence-electron chi connectivity index (χ3n) is 3.85. The summed E-state index contributed by atoms with van der Waals surface area (Å²) in [6.45, 7) is 6.11. The van der Waals surface area contributed by atoms with E-state index in [2.05, 4.69) is 20.0 Å². The number of ether oxygens (including phenoxy) is 1. The fourth-order valence-electron chi connectivity index (χ4n) is 2.53. The molecule has 0 saturated heterocycles. The molecule has 0 spiro atoms. The molecule has 8 heteroatoms. The Morgan fingerprint density at radius 1 is 0.929 bits per heavy atom. The normalized spacial score (nSPS) is 11.1. The highest BCUT2D eigenvalue weighted by Crippen LogP contribution is 2.22. The molecule has 146 valence electrons. The molecule has 0 atom stereocenters. The largest absolute Gasteiger partial charge is 0.478 e. The minimum atomic E-state index is -3.63. The van der Waals surface area contributed by atoms with Crippen LogP contribution in [0.5, 0.6) is 5.88 Å². The van der Waals surface area contributed by atoms with Crippen LogP contribution in [-0.4, -0.2) is 25.0 Å². The van der Waals surface area contributed by atoms with Crippen LogP contribution in [0.15, 0.2) is 59.5 Å². The number of aromatic nitrogens is 2. The van der Waals surface area contributed by atoms with Crippen molar-refractivity contribution in [2.75, 3.05) is 16.6 Å². The van der Waals surface area contributed by atoms with Gasteiger partial charge >= 0.3 is 0 Å². The van der Waals surface area contributed by atoms with Crippen molar-refractivity contribution in [1.82, 2.24) is 9.97 Å². The topological polar surface area (TPSA) is 93.2 Å². The van der Waals surface area contributed by atoms with Gasteiger partial charge < -0.3 is 10.1 Å². The van der Waals surface area contributed by atoms with Crippen LogP contribution < -0.4 is 14.8 Å². The average molecular weight is 398 g/mol. The second-order valence-electron chi connectivity index (χ2n) is 6.19.